The topological polar surface area (TPSA) is 115 Å². The van der Waals surface area contributed by atoms with Crippen molar-refractivity contribution < 1.29 is 19.5 Å². The lowest BCUT2D eigenvalue weighted by atomic mass is 10.1. The van der Waals surface area contributed by atoms with Crippen LogP contribution >= 0.6 is 0 Å². The van der Waals surface area contributed by atoms with Gasteiger partial charge in [0.15, 0.2) is 0 Å². The number of carbonyl (C=O) groups excluding carboxylic acids is 2. The molecule has 0 unspecified atom stereocenters. The van der Waals surface area contributed by atoms with Crippen LogP contribution in [0.5, 0.6) is 0 Å². The van der Waals surface area contributed by atoms with Crippen molar-refractivity contribution >= 4 is 17.9 Å². The lowest BCUT2D eigenvalue weighted by Crippen LogP contribution is -2.47. The lowest BCUT2D eigenvalue weighted by Gasteiger charge is -2.21. The van der Waals surface area contributed by atoms with Crippen LogP contribution in [-0.4, -0.2) is 34.6 Å². The minimum atomic E-state index is -1.16. The number of nitrogens with zero attached hydrogens (tertiary/aromatic N) is 2. The molecule has 0 atom stereocenters. The van der Waals surface area contributed by atoms with E-state index in [9.17, 15) is 14.4 Å². The van der Waals surface area contributed by atoms with E-state index in [0.29, 0.717) is 4.90 Å². The molecule has 0 saturated heterocycles. The van der Waals surface area contributed by atoms with E-state index in [1.54, 1.807) is 0 Å². The van der Waals surface area contributed by atoms with Crippen molar-refractivity contribution in [1.29, 1.82) is 0 Å². The largest absolute Gasteiger partial charge is 0.481 e. The maximum atomic E-state index is 11.3. The van der Waals surface area contributed by atoms with Crippen molar-refractivity contribution in [3.8, 4) is 0 Å². The van der Waals surface area contributed by atoms with Crippen molar-refractivity contribution in [3.63, 3.8) is 0 Å². The van der Waals surface area contributed by atoms with Crippen LogP contribution in [0.25, 0.3) is 0 Å². The monoisotopic (exact) mass is 198 g/mol. The average molecular weight is 198 g/mol. The van der Waals surface area contributed by atoms with Crippen molar-refractivity contribution in [2.24, 2.45) is 5.73 Å². The quantitative estimate of drug-likeness (QED) is 0.592. The molecule has 1 heterocycles. The third-order valence-electron chi connectivity index (χ3n) is 1.61. The molecule has 0 bridgehead atoms. The van der Waals surface area contributed by atoms with E-state index >= 15 is 0 Å². The second-order valence-corrected chi connectivity index (χ2v) is 2.55. The molecule has 1 aliphatic heterocycles. The number of amides is 3. The van der Waals surface area contributed by atoms with Gasteiger partial charge in [-0.1, -0.05) is 0 Å². The average Bonchev–Trinajstić information content (AvgIpc) is 2.10. The summed E-state index contributed by atoms with van der Waals surface area (Å²) in [5, 5.41) is 11.8. The first-order valence-corrected chi connectivity index (χ1v) is 3.74. The van der Waals surface area contributed by atoms with Crippen LogP contribution < -0.4 is 11.1 Å². The summed E-state index contributed by atoms with van der Waals surface area (Å²) >= 11 is 0. The molecular formula is C7H8N3O4. The molecule has 14 heavy (non-hydrogen) atoms. The van der Waals surface area contributed by atoms with Crippen molar-refractivity contribution in [2.75, 3.05) is 6.67 Å². The second-order valence-electron chi connectivity index (χ2n) is 2.55. The van der Waals surface area contributed by atoms with Crippen LogP contribution in [0.3, 0.4) is 0 Å². The zero-order valence-electron chi connectivity index (χ0n) is 7.14. The van der Waals surface area contributed by atoms with Gasteiger partial charge in [0.05, 0.1) is 13.1 Å². The fraction of sp³-hybridized carbons (Fsp3) is 0.286. The number of hydrogen-bond donors (Lipinski definition) is 2. The minimum absolute atomic E-state index is 0.0532. The highest BCUT2D eigenvalue weighted by Gasteiger charge is 2.29. The number of nitrogens with two attached hydrogens (primary N) is 1. The number of imide groups is 1. The second kappa shape index (κ2) is 3.88. The number of hydrogen-bond acceptors (Lipinski definition) is 4. The Hall–Kier alpha value is -1.89. The van der Waals surface area contributed by atoms with E-state index < -0.39 is 24.3 Å². The minimum Gasteiger partial charge on any atom is -0.481 e. The van der Waals surface area contributed by atoms with E-state index in [0.717, 1.165) is 6.20 Å². The summed E-state index contributed by atoms with van der Waals surface area (Å²) in [5.41, 5.74) is 5.07. The number of carbonyl (C=O) groups is 3. The molecule has 0 fully saturated rings. The summed E-state index contributed by atoms with van der Waals surface area (Å²) < 4.78 is 0. The number of urea groups is 1. The van der Waals surface area contributed by atoms with Gasteiger partial charge >= 0.3 is 12.0 Å². The molecule has 0 spiro atoms. The molecule has 0 aromatic rings. The third-order valence-corrected chi connectivity index (χ3v) is 1.61. The Balaban J connectivity index is 2.84. The summed E-state index contributed by atoms with van der Waals surface area (Å²) in [5.74, 6) is -1.86. The summed E-state index contributed by atoms with van der Waals surface area (Å²) in [6, 6.07) is -0.772. The molecule has 1 aliphatic rings. The Bertz CT molecular complexity index is 323. The summed E-state index contributed by atoms with van der Waals surface area (Å²) in [6.45, 7) is -0.307. The Labute approximate surface area is 79.2 Å². The Morgan fingerprint density at radius 2 is 2.21 bits per heavy atom. The van der Waals surface area contributed by atoms with Gasteiger partial charge in [-0.3, -0.25) is 9.59 Å². The summed E-state index contributed by atoms with van der Waals surface area (Å²) in [6.07, 6.45) is 0.497. The van der Waals surface area contributed by atoms with Gasteiger partial charge in [0.2, 0.25) is 0 Å². The highest BCUT2D eigenvalue weighted by atomic mass is 16.4. The highest BCUT2D eigenvalue weighted by molar-refractivity contribution is 6.08. The van der Waals surface area contributed by atoms with E-state index in [4.69, 9.17) is 10.8 Å². The van der Waals surface area contributed by atoms with Crippen LogP contribution in [0.4, 0.5) is 4.79 Å². The van der Waals surface area contributed by atoms with Gasteiger partial charge in [-0.2, -0.15) is 0 Å². The van der Waals surface area contributed by atoms with Crippen LogP contribution in [0.1, 0.15) is 6.42 Å². The molecule has 0 aliphatic carbocycles. The molecule has 7 heteroatoms. The molecule has 0 saturated carbocycles. The number of aliphatic carboxylic acids is 1. The van der Waals surface area contributed by atoms with Crippen molar-refractivity contribution in [1.82, 2.24) is 10.2 Å². The maximum Gasteiger partial charge on any atom is 0.351 e. The molecule has 1 rings (SSSR count). The normalized spacial score (nSPS) is 16.4. The number of rotatable bonds is 3. The van der Waals surface area contributed by atoms with Gasteiger partial charge in [-0.25, -0.2) is 15.0 Å². The molecule has 3 amide bonds. The number of carboxylic acids is 1. The summed E-state index contributed by atoms with van der Waals surface area (Å²) in [4.78, 5) is 33.3. The van der Waals surface area contributed by atoms with Gasteiger partial charge in [-0.15, -0.1) is 0 Å². The Morgan fingerprint density at radius 1 is 1.57 bits per heavy atom. The molecule has 0 aromatic carbocycles. The Kier molecular flexibility index (Phi) is 2.82. The summed E-state index contributed by atoms with van der Waals surface area (Å²) in [7, 11) is 0. The molecule has 75 valence electrons. The standard InChI is InChI=1S/C7H8N3O4/c8-3-10-6(13)4(1-5(11)12)2-9-7(10)14/h2H,1,3,8H2,(H,11,12). The van der Waals surface area contributed by atoms with Crippen LogP contribution in [0, 0.1) is 0 Å². The van der Waals surface area contributed by atoms with E-state index in [1.165, 1.54) is 0 Å². The van der Waals surface area contributed by atoms with Gasteiger partial charge in [0.1, 0.15) is 0 Å². The molecular weight excluding hydrogens is 190 g/mol. The zero-order valence-corrected chi connectivity index (χ0v) is 7.14. The first kappa shape index (κ1) is 10.2. The van der Waals surface area contributed by atoms with Crippen LogP contribution in [0.15, 0.2) is 11.8 Å². The molecule has 7 nitrogen and oxygen atoms in total. The van der Waals surface area contributed by atoms with Crippen molar-refractivity contribution in [2.45, 2.75) is 6.42 Å². The predicted molar refractivity (Wildman–Crippen MR) is 43.8 cm³/mol. The van der Waals surface area contributed by atoms with Gasteiger partial charge < -0.3 is 10.8 Å². The first-order valence-electron chi connectivity index (χ1n) is 3.74. The van der Waals surface area contributed by atoms with Crippen LogP contribution in [0.2, 0.25) is 0 Å². The first-order chi connectivity index (χ1) is 6.56. The van der Waals surface area contributed by atoms with Crippen LogP contribution in [-0.2, 0) is 9.59 Å². The van der Waals surface area contributed by atoms with E-state index in [2.05, 4.69) is 5.32 Å². The van der Waals surface area contributed by atoms with Gasteiger partial charge in [0, 0.05) is 11.8 Å². The van der Waals surface area contributed by atoms with Crippen molar-refractivity contribution in [3.05, 3.63) is 11.8 Å². The number of carboxylic acid groups (broad SMARTS) is 1. The molecule has 1 radical (unpaired) electrons. The maximum absolute atomic E-state index is 11.3. The van der Waals surface area contributed by atoms with Gasteiger partial charge in [0.25, 0.3) is 5.91 Å². The third kappa shape index (κ3) is 1.88. The highest BCUT2D eigenvalue weighted by Crippen LogP contribution is 2.10. The van der Waals surface area contributed by atoms with Gasteiger partial charge in [-0.05, 0) is 0 Å². The van der Waals surface area contributed by atoms with E-state index in [1.807, 2.05) is 0 Å². The lowest BCUT2D eigenvalue weighted by molar-refractivity contribution is -0.137. The Morgan fingerprint density at radius 3 is 2.71 bits per heavy atom. The fourth-order valence-corrected chi connectivity index (χ4v) is 0.963. The SMILES string of the molecule is NCN1C(=O)[N]C=C(CC(=O)O)C1=O. The smallest absolute Gasteiger partial charge is 0.351 e. The van der Waals surface area contributed by atoms with E-state index in [-0.39, 0.29) is 12.2 Å². The molecule has 0 aromatic heterocycles. The predicted octanol–water partition coefficient (Wildman–Crippen LogP) is -1.17. The molecule has 3 N–H and O–H groups in total. The fourth-order valence-electron chi connectivity index (χ4n) is 0.963. The zero-order chi connectivity index (χ0) is 10.7.